The molecule has 10 nitrogen and oxygen atoms in total. The van der Waals surface area contributed by atoms with Gasteiger partial charge in [-0.1, -0.05) is 13.8 Å². The third-order valence-corrected chi connectivity index (χ3v) is 6.98. The standard InChI is InChI=1S/C18H24N4O6S/c1-3-21(4-2)29(26,27)15-5-6-16(17(13-15)22(24)25)20-10-7-14(8-11-20)18(23)28-12-9-19/h5-6,13-14H,3-4,7-8,10-12H2,1-2H3. The van der Waals surface area contributed by atoms with Crippen LogP contribution in [0.3, 0.4) is 0 Å². The number of anilines is 1. The molecule has 11 heteroatoms. The van der Waals surface area contributed by atoms with Gasteiger partial charge in [0.05, 0.1) is 15.7 Å². The van der Waals surface area contributed by atoms with Crippen molar-refractivity contribution in [3.8, 4) is 6.07 Å². The number of ether oxygens (including phenoxy) is 1. The van der Waals surface area contributed by atoms with Gasteiger partial charge in [-0.2, -0.15) is 9.57 Å². The van der Waals surface area contributed by atoms with Gasteiger partial charge < -0.3 is 9.64 Å². The second-order valence-electron chi connectivity index (χ2n) is 6.52. The molecule has 0 aliphatic carbocycles. The fraction of sp³-hybridized carbons (Fsp3) is 0.556. The van der Waals surface area contributed by atoms with Crippen molar-refractivity contribution >= 4 is 27.4 Å². The fourth-order valence-corrected chi connectivity index (χ4v) is 4.85. The second-order valence-corrected chi connectivity index (χ2v) is 8.46. The van der Waals surface area contributed by atoms with Crippen molar-refractivity contribution in [2.24, 2.45) is 5.92 Å². The van der Waals surface area contributed by atoms with Crippen LogP contribution in [0.25, 0.3) is 0 Å². The highest BCUT2D eigenvalue weighted by molar-refractivity contribution is 7.89. The molecule has 1 aliphatic rings. The molecule has 0 atom stereocenters. The highest BCUT2D eigenvalue weighted by Gasteiger charge is 2.31. The second kappa shape index (κ2) is 9.67. The molecule has 29 heavy (non-hydrogen) atoms. The summed E-state index contributed by atoms with van der Waals surface area (Å²) in [6, 6.07) is 5.66. The summed E-state index contributed by atoms with van der Waals surface area (Å²) in [5.74, 6) is -0.803. The third kappa shape index (κ3) is 5.02. The van der Waals surface area contributed by atoms with Crippen LogP contribution in [0.15, 0.2) is 23.1 Å². The SMILES string of the molecule is CCN(CC)S(=O)(=O)c1ccc(N2CCC(C(=O)OCC#N)CC2)c([N+](=O)[O-])c1. The lowest BCUT2D eigenvalue weighted by Gasteiger charge is -2.32. The number of benzene rings is 1. The van der Waals surface area contributed by atoms with Crippen LogP contribution in [0.5, 0.6) is 0 Å². The highest BCUT2D eigenvalue weighted by atomic mass is 32.2. The number of esters is 1. The lowest BCUT2D eigenvalue weighted by Crippen LogP contribution is -2.37. The lowest BCUT2D eigenvalue weighted by molar-refractivity contribution is -0.384. The van der Waals surface area contributed by atoms with Crippen LogP contribution >= 0.6 is 0 Å². The summed E-state index contributed by atoms with van der Waals surface area (Å²) in [7, 11) is -3.81. The maximum atomic E-state index is 12.7. The number of nitrogens with zero attached hydrogens (tertiary/aromatic N) is 4. The summed E-state index contributed by atoms with van der Waals surface area (Å²) < 4.78 is 31.4. The van der Waals surface area contributed by atoms with Crippen LogP contribution in [0, 0.1) is 27.4 Å². The van der Waals surface area contributed by atoms with Crippen LogP contribution in [-0.2, 0) is 19.6 Å². The van der Waals surface area contributed by atoms with Gasteiger partial charge in [0.2, 0.25) is 10.0 Å². The van der Waals surface area contributed by atoms with E-state index in [9.17, 15) is 23.3 Å². The molecule has 1 saturated heterocycles. The summed E-state index contributed by atoms with van der Waals surface area (Å²) in [5, 5.41) is 20.1. The van der Waals surface area contributed by atoms with Crippen molar-refractivity contribution in [1.82, 2.24) is 4.31 Å². The number of nitro benzene ring substituents is 1. The van der Waals surface area contributed by atoms with Gasteiger partial charge in [-0.3, -0.25) is 14.9 Å². The molecule has 0 aromatic heterocycles. The normalized spacial score (nSPS) is 15.2. The fourth-order valence-electron chi connectivity index (χ4n) is 3.37. The van der Waals surface area contributed by atoms with Gasteiger partial charge in [0.1, 0.15) is 11.8 Å². The predicted octanol–water partition coefficient (Wildman–Crippen LogP) is 1.91. The maximum Gasteiger partial charge on any atom is 0.310 e. The van der Waals surface area contributed by atoms with Crippen LogP contribution in [0.2, 0.25) is 0 Å². The molecule has 1 aromatic carbocycles. The number of hydrogen-bond acceptors (Lipinski definition) is 8. The van der Waals surface area contributed by atoms with Crippen molar-refractivity contribution in [1.29, 1.82) is 5.26 Å². The van der Waals surface area contributed by atoms with Gasteiger partial charge in [0.15, 0.2) is 6.61 Å². The minimum absolute atomic E-state index is 0.119. The highest BCUT2D eigenvalue weighted by Crippen LogP contribution is 2.34. The largest absolute Gasteiger partial charge is 0.450 e. The molecule has 0 saturated carbocycles. The molecule has 158 valence electrons. The maximum absolute atomic E-state index is 12.7. The molecule has 2 rings (SSSR count). The minimum Gasteiger partial charge on any atom is -0.450 e. The first-order valence-corrected chi connectivity index (χ1v) is 10.8. The zero-order valence-electron chi connectivity index (χ0n) is 16.4. The first kappa shape index (κ1) is 22.6. The summed E-state index contributed by atoms with van der Waals surface area (Å²) >= 11 is 0. The number of hydrogen-bond donors (Lipinski definition) is 0. The van der Waals surface area contributed by atoms with E-state index in [2.05, 4.69) is 0 Å². The molecule has 1 fully saturated rings. The van der Waals surface area contributed by atoms with E-state index in [1.807, 2.05) is 0 Å². The Morgan fingerprint density at radius 2 is 1.97 bits per heavy atom. The van der Waals surface area contributed by atoms with Crippen molar-refractivity contribution in [3.05, 3.63) is 28.3 Å². The van der Waals surface area contributed by atoms with E-state index in [4.69, 9.17) is 10.00 Å². The summed E-state index contributed by atoms with van der Waals surface area (Å²) in [6.07, 6.45) is 0.863. The Bertz CT molecular complexity index is 899. The molecular weight excluding hydrogens is 400 g/mol. The van der Waals surface area contributed by atoms with E-state index in [0.717, 1.165) is 6.07 Å². The molecule has 1 aliphatic heterocycles. The van der Waals surface area contributed by atoms with Gasteiger partial charge in [-0.05, 0) is 25.0 Å². The molecule has 1 heterocycles. The molecule has 0 radical (unpaired) electrons. The van der Waals surface area contributed by atoms with Crippen LogP contribution in [-0.4, -0.2) is 56.4 Å². The number of carbonyl (C=O) groups excluding carboxylic acids is 1. The van der Waals surface area contributed by atoms with Crippen molar-refractivity contribution in [2.45, 2.75) is 31.6 Å². The summed E-state index contributed by atoms with van der Waals surface area (Å²) in [6.45, 7) is 4.41. The Morgan fingerprint density at radius 1 is 1.34 bits per heavy atom. The van der Waals surface area contributed by atoms with Crippen LogP contribution < -0.4 is 4.90 Å². The Balaban J connectivity index is 2.24. The molecule has 0 bridgehead atoms. The molecule has 0 unspecified atom stereocenters. The topological polar surface area (TPSA) is 134 Å². The number of nitriles is 1. The first-order valence-electron chi connectivity index (χ1n) is 9.33. The Kier molecular flexibility index (Phi) is 7.53. The number of nitro groups is 1. The van der Waals surface area contributed by atoms with Gasteiger partial charge in [0.25, 0.3) is 5.69 Å². The third-order valence-electron chi connectivity index (χ3n) is 4.93. The average Bonchev–Trinajstić information content (AvgIpc) is 2.72. The van der Waals surface area contributed by atoms with E-state index in [-0.39, 0.29) is 36.2 Å². The van der Waals surface area contributed by atoms with Gasteiger partial charge >= 0.3 is 5.97 Å². The monoisotopic (exact) mass is 424 g/mol. The first-order chi connectivity index (χ1) is 13.8. The molecular formula is C18H24N4O6S. The minimum atomic E-state index is -3.81. The van der Waals surface area contributed by atoms with E-state index >= 15 is 0 Å². The van der Waals surface area contributed by atoms with Crippen LogP contribution in [0.4, 0.5) is 11.4 Å². The summed E-state index contributed by atoms with van der Waals surface area (Å²) in [5.41, 5.74) is 0.0288. The lowest BCUT2D eigenvalue weighted by atomic mass is 9.96. The zero-order chi connectivity index (χ0) is 21.6. The number of carbonyl (C=O) groups is 1. The van der Waals surface area contributed by atoms with Crippen molar-refractivity contribution in [3.63, 3.8) is 0 Å². The predicted molar refractivity (Wildman–Crippen MR) is 105 cm³/mol. The van der Waals surface area contributed by atoms with E-state index in [0.29, 0.717) is 31.6 Å². The zero-order valence-corrected chi connectivity index (χ0v) is 17.2. The molecule has 0 N–H and O–H groups in total. The van der Waals surface area contributed by atoms with Crippen molar-refractivity contribution in [2.75, 3.05) is 37.7 Å². The van der Waals surface area contributed by atoms with Crippen molar-refractivity contribution < 1.29 is 22.9 Å². The molecule has 0 amide bonds. The summed E-state index contributed by atoms with van der Waals surface area (Å²) in [4.78, 5) is 24.5. The van der Waals surface area contributed by atoms with Crippen LogP contribution in [0.1, 0.15) is 26.7 Å². The Hall–Kier alpha value is -2.71. The average molecular weight is 424 g/mol. The Morgan fingerprint density at radius 3 is 2.48 bits per heavy atom. The van der Waals surface area contributed by atoms with E-state index in [1.165, 1.54) is 16.4 Å². The van der Waals surface area contributed by atoms with Gasteiger partial charge in [-0.15, -0.1) is 0 Å². The Labute approximate surface area is 169 Å². The number of sulfonamides is 1. The van der Waals surface area contributed by atoms with E-state index < -0.39 is 20.9 Å². The smallest absolute Gasteiger partial charge is 0.310 e. The number of rotatable bonds is 8. The van der Waals surface area contributed by atoms with Gasteiger partial charge in [-0.25, -0.2) is 8.42 Å². The van der Waals surface area contributed by atoms with E-state index in [1.54, 1.807) is 24.8 Å². The quantitative estimate of drug-likeness (QED) is 0.351. The molecule has 0 spiro atoms. The van der Waals surface area contributed by atoms with Gasteiger partial charge in [0, 0.05) is 32.2 Å². The number of piperidine rings is 1. The molecule has 1 aromatic rings.